The third kappa shape index (κ3) is 5.32. The van der Waals surface area contributed by atoms with E-state index < -0.39 is 21.9 Å². The zero-order chi connectivity index (χ0) is 23.3. The second-order valence-corrected chi connectivity index (χ2v) is 9.11. The van der Waals surface area contributed by atoms with Gasteiger partial charge in [-0.15, -0.1) is 0 Å². The first kappa shape index (κ1) is 23.8. The molecule has 172 valence electrons. The molecule has 9 nitrogen and oxygen atoms in total. The van der Waals surface area contributed by atoms with Gasteiger partial charge in [-0.25, -0.2) is 8.42 Å². The number of rotatable bonds is 9. The van der Waals surface area contributed by atoms with Gasteiger partial charge in [0.15, 0.2) is 11.5 Å². The summed E-state index contributed by atoms with van der Waals surface area (Å²) in [4.78, 5) is 24.4. The van der Waals surface area contributed by atoms with Gasteiger partial charge in [0, 0.05) is 18.7 Å². The highest BCUT2D eigenvalue weighted by atomic mass is 35.5. The Kier molecular flexibility index (Phi) is 7.60. The van der Waals surface area contributed by atoms with Crippen molar-refractivity contribution in [1.29, 1.82) is 0 Å². The number of nitrogens with zero attached hydrogens (tertiary/aromatic N) is 1. The number of fused-ring (bicyclic) bond motifs is 1. The molecular formula is C21H23ClN2O7S. The van der Waals surface area contributed by atoms with E-state index in [0.717, 1.165) is 0 Å². The number of halogens is 1. The van der Waals surface area contributed by atoms with Crippen molar-refractivity contribution in [2.45, 2.75) is 25.3 Å². The van der Waals surface area contributed by atoms with Crippen LogP contribution in [-0.2, 0) is 26.2 Å². The highest BCUT2D eigenvalue weighted by Gasteiger charge is 2.22. The van der Waals surface area contributed by atoms with Crippen molar-refractivity contribution in [3.8, 4) is 11.5 Å². The number of nitrogens with one attached hydrogen (secondary N) is 1. The van der Waals surface area contributed by atoms with Gasteiger partial charge in [-0.05, 0) is 42.0 Å². The Morgan fingerprint density at radius 3 is 2.47 bits per heavy atom. The Labute approximate surface area is 191 Å². The number of sulfonamides is 1. The molecule has 1 aliphatic rings. The van der Waals surface area contributed by atoms with E-state index in [1.807, 2.05) is 0 Å². The Bertz CT molecular complexity index is 1100. The summed E-state index contributed by atoms with van der Waals surface area (Å²) < 4.78 is 42.0. The van der Waals surface area contributed by atoms with Crippen molar-refractivity contribution < 1.29 is 32.2 Å². The summed E-state index contributed by atoms with van der Waals surface area (Å²) in [6.45, 7) is 3.88. The molecule has 11 heteroatoms. The molecule has 2 aromatic rings. The SMILES string of the molecule is CCN(CC)S(=O)(=O)c1ccc(C(=O)NCC(=O)OCc2cc(Cl)c3c(c2)OCO3)cc1. The summed E-state index contributed by atoms with van der Waals surface area (Å²) in [5.74, 6) is -0.249. The Morgan fingerprint density at radius 1 is 1.12 bits per heavy atom. The van der Waals surface area contributed by atoms with E-state index in [0.29, 0.717) is 35.2 Å². The molecule has 0 saturated heterocycles. The van der Waals surface area contributed by atoms with Crippen molar-refractivity contribution in [1.82, 2.24) is 9.62 Å². The zero-order valence-corrected chi connectivity index (χ0v) is 19.2. The lowest BCUT2D eigenvalue weighted by molar-refractivity contribution is -0.143. The predicted molar refractivity (Wildman–Crippen MR) is 116 cm³/mol. The molecule has 0 bridgehead atoms. The van der Waals surface area contributed by atoms with Crippen LogP contribution < -0.4 is 14.8 Å². The maximum Gasteiger partial charge on any atom is 0.325 e. The van der Waals surface area contributed by atoms with Crippen LogP contribution in [0.15, 0.2) is 41.3 Å². The molecule has 0 radical (unpaired) electrons. The van der Waals surface area contributed by atoms with Gasteiger partial charge < -0.3 is 19.5 Å². The van der Waals surface area contributed by atoms with Crippen LogP contribution in [0, 0.1) is 0 Å². The summed E-state index contributed by atoms with van der Waals surface area (Å²) in [6.07, 6.45) is 0. The number of hydrogen-bond acceptors (Lipinski definition) is 7. The molecule has 1 N–H and O–H groups in total. The van der Waals surface area contributed by atoms with Crippen molar-refractivity contribution in [2.75, 3.05) is 26.4 Å². The fourth-order valence-corrected chi connectivity index (χ4v) is 4.81. The van der Waals surface area contributed by atoms with Crippen LogP contribution in [0.3, 0.4) is 0 Å². The predicted octanol–water partition coefficient (Wildman–Crippen LogP) is 2.57. The van der Waals surface area contributed by atoms with E-state index in [2.05, 4.69) is 5.32 Å². The van der Waals surface area contributed by atoms with E-state index in [1.165, 1.54) is 28.6 Å². The van der Waals surface area contributed by atoms with Crippen LogP contribution in [0.2, 0.25) is 5.02 Å². The van der Waals surface area contributed by atoms with Crippen molar-refractivity contribution >= 4 is 33.5 Å². The van der Waals surface area contributed by atoms with Gasteiger partial charge >= 0.3 is 5.97 Å². The summed E-state index contributed by atoms with van der Waals surface area (Å²) in [7, 11) is -3.61. The summed E-state index contributed by atoms with van der Waals surface area (Å²) in [5.41, 5.74) is 0.836. The normalized spacial score (nSPS) is 12.6. The number of esters is 1. The van der Waals surface area contributed by atoms with Crippen molar-refractivity contribution in [3.05, 3.63) is 52.5 Å². The lowest BCUT2D eigenvalue weighted by Gasteiger charge is -2.18. The number of carbonyl (C=O) groups excluding carboxylic acids is 2. The first-order valence-corrected chi connectivity index (χ1v) is 11.7. The van der Waals surface area contributed by atoms with Crippen LogP contribution in [-0.4, -0.2) is 51.0 Å². The zero-order valence-electron chi connectivity index (χ0n) is 17.6. The van der Waals surface area contributed by atoms with Gasteiger partial charge in [0.1, 0.15) is 13.2 Å². The molecule has 1 heterocycles. The standard InChI is InChI=1S/C21H23ClN2O7S/c1-3-24(4-2)32(27,28)16-7-5-15(6-8-16)21(26)23-11-19(25)29-12-14-9-17(22)20-18(10-14)30-13-31-20/h5-10H,3-4,11-13H2,1-2H3,(H,23,26). The number of amides is 1. The molecule has 0 fully saturated rings. The molecule has 0 spiro atoms. The lowest BCUT2D eigenvalue weighted by atomic mass is 10.2. The van der Waals surface area contributed by atoms with E-state index in [4.69, 9.17) is 25.8 Å². The monoisotopic (exact) mass is 482 g/mol. The molecular weight excluding hydrogens is 460 g/mol. The Hall–Kier alpha value is -2.82. The van der Waals surface area contributed by atoms with E-state index in [-0.39, 0.29) is 30.4 Å². The molecule has 2 aromatic carbocycles. The average molecular weight is 483 g/mol. The quantitative estimate of drug-likeness (QED) is 0.547. The third-order valence-electron chi connectivity index (χ3n) is 4.74. The van der Waals surface area contributed by atoms with Crippen LogP contribution in [0.25, 0.3) is 0 Å². The topological polar surface area (TPSA) is 111 Å². The van der Waals surface area contributed by atoms with Crippen LogP contribution in [0.1, 0.15) is 29.8 Å². The Balaban J connectivity index is 1.52. The van der Waals surface area contributed by atoms with Gasteiger partial charge in [0.05, 0.1) is 9.92 Å². The minimum absolute atomic E-state index is 0.0526. The fourth-order valence-electron chi connectivity index (χ4n) is 3.06. The molecule has 32 heavy (non-hydrogen) atoms. The smallest absolute Gasteiger partial charge is 0.325 e. The minimum Gasteiger partial charge on any atom is -0.459 e. The molecule has 0 unspecified atom stereocenters. The van der Waals surface area contributed by atoms with Gasteiger partial charge in [-0.1, -0.05) is 25.4 Å². The van der Waals surface area contributed by atoms with Gasteiger partial charge in [-0.3, -0.25) is 9.59 Å². The minimum atomic E-state index is -3.61. The lowest BCUT2D eigenvalue weighted by Crippen LogP contribution is -2.31. The molecule has 1 amide bonds. The number of hydrogen-bond donors (Lipinski definition) is 1. The highest BCUT2D eigenvalue weighted by Crippen LogP contribution is 2.39. The van der Waals surface area contributed by atoms with Crippen molar-refractivity contribution in [3.63, 3.8) is 0 Å². The van der Waals surface area contributed by atoms with E-state index in [9.17, 15) is 18.0 Å². The summed E-state index contributed by atoms with van der Waals surface area (Å²) in [5, 5.41) is 2.80. The summed E-state index contributed by atoms with van der Waals surface area (Å²) >= 11 is 6.09. The maximum atomic E-state index is 12.5. The van der Waals surface area contributed by atoms with Crippen LogP contribution in [0.4, 0.5) is 0 Å². The van der Waals surface area contributed by atoms with Gasteiger partial charge in [0.2, 0.25) is 16.8 Å². The Morgan fingerprint density at radius 2 is 1.81 bits per heavy atom. The number of benzene rings is 2. The first-order chi connectivity index (χ1) is 15.3. The number of ether oxygens (including phenoxy) is 3. The van der Waals surface area contributed by atoms with E-state index >= 15 is 0 Å². The fraction of sp³-hybridized carbons (Fsp3) is 0.333. The maximum absolute atomic E-state index is 12.5. The van der Waals surface area contributed by atoms with Crippen LogP contribution >= 0.6 is 11.6 Å². The number of carbonyl (C=O) groups is 2. The summed E-state index contributed by atoms with van der Waals surface area (Å²) in [6, 6.07) is 8.79. The average Bonchev–Trinajstić information content (AvgIpc) is 3.26. The first-order valence-electron chi connectivity index (χ1n) is 9.88. The van der Waals surface area contributed by atoms with Gasteiger partial charge in [0.25, 0.3) is 5.91 Å². The molecule has 0 atom stereocenters. The molecule has 0 aromatic heterocycles. The second kappa shape index (κ2) is 10.2. The third-order valence-corrected chi connectivity index (χ3v) is 7.08. The second-order valence-electron chi connectivity index (χ2n) is 6.77. The van der Waals surface area contributed by atoms with Crippen molar-refractivity contribution in [2.24, 2.45) is 0 Å². The largest absolute Gasteiger partial charge is 0.459 e. The molecule has 3 rings (SSSR count). The van der Waals surface area contributed by atoms with Crippen LogP contribution in [0.5, 0.6) is 11.5 Å². The molecule has 0 saturated carbocycles. The molecule has 1 aliphatic heterocycles. The van der Waals surface area contributed by atoms with E-state index in [1.54, 1.807) is 26.0 Å². The van der Waals surface area contributed by atoms with Gasteiger partial charge in [-0.2, -0.15) is 4.31 Å². The highest BCUT2D eigenvalue weighted by molar-refractivity contribution is 7.89. The molecule has 0 aliphatic carbocycles.